The zero-order chi connectivity index (χ0) is 11.3. The molecule has 0 spiro atoms. The van der Waals surface area contributed by atoms with Gasteiger partial charge in [-0.15, -0.1) is 0 Å². The van der Waals surface area contributed by atoms with Crippen LogP contribution in [0.1, 0.15) is 19.4 Å². The van der Waals surface area contributed by atoms with Gasteiger partial charge in [0, 0.05) is 12.1 Å². The average molecular weight is 209 g/mol. The Morgan fingerprint density at radius 2 is 1.93 bits per heavy atom. The van der Waals surface area contributed by atoms with Crippen LogP contribution in [0.4, 0.5) is 0 Å². The van der Waals surface area contributed by atoms with E-state index in [1.165, 1.54) is 0 Å². The second-order valence-corrected chi connectivity index (χ2v) is 4.03. The van der Waals surface area contributed by atoms with Gasteiger partial charge in [0.05, 0.1) is 6.61 Å². The van der Waals surface area contributed by atoms with Gasteiger partial charge >= 0.3 is 0 Å². The molecule has 84 valence electrons. The van der Waals surface area contributed by atoms with E-state index in [-0.39, 0.29) is 12.6 Å². The van der Waals surface area contributed by atoms with Crippen molar-refractivity contribution in [1.29, 1.82) is 0 Å². The number of benzene rings is 1. The monoisotopic (exact) mass is 209 g/mol. The minimum Gasteiger partial charge on any atom is -0.508 e. The predicted octanol–water partition coefficient (Wildman–Crippen LogP) is 1.29. The molecular weight excluding hydrogens is 190 g/mol. The van der Waals surface area contributed by atoms with Crippen molar-refractivity contribution in [1.82, 2.24) is 5.32 Å². The van der Waals surface area contributed by atoms with Gasteiger partial charge in [-0.05, 0) is 18.1 Å². The van der Waals surface area contributed by atoms with Gasteiger partial charge in [-0.2, -0.15) is 0 Å². The van der Waals surface area contributed by atoms with Crippen molar-refractivity contribution in [3.8, 4) is 5.75 Å². The van der Waals surface area contributed by atoms with E-state index in [1.54, 1.807) is 12.1 Å². The molecule has 1 aromatic rings. The molecule has 1 aromatic carbocycles. The van der Waals surface area contributed by atoms with E-state index in [2.05, 4.69) is 5.32 Å². The Balaban J connectivity index is 2.62. The number of phenols is 1. The van der Waals surface area contributed by atoms with Gasteiger partial charge in [-0.25, -0.2) is 0 Å². The van der Waals surface area contributed by atoms with Gasteiger partial charge in [0.25, 0.3) is 0 Å². The van der Waals surface area contributed by atoms with Gasteiger partial charge in [0.2, 0.25) is 0 Å². The summed E-state index contributed by atoms with van der Waals surface area (Å²) in [5.74, 6) is 0.293. The van der Waals surface area contributed by atoms with Crippen LogP contribution >= 0.6 is 0 Å². The highest BCUT2D eigenvalue weighted by Gasteiger charge is 2.11. The zero-order valence-corrected chi connectivity index (χ0v) is 9.27. The van der Waals surface area contributed by atoms with Crippen LogP contribution in [0.15, 0.2) is 24.3 Å². The molecule has 0 aliphatic heterocycles. The fraction of sp³-hybridized carbons (Fsp3) is 0.500. The van der Waals surface area contributed by atoms with Crippen LogP contribution in [0.3, 0.4) is 0 Å². The van der Waals surface area contributed by atoms with E-state index in [0.29, 0.717) is 18.2 Å². The standard InChI is InChI=1S/C12H19NO2/c1-9(2)13-11(8-14)7-10-5-3-4-6-12(10)15/h3-6,9,11,13-15H,7-8H2,1-2H3/t11-/m0/s1. The second kappa shape index (κ2) is 5.73. The first-order chi connectivity index (χ1) is 7.13. The van der Waals surface area contributed by atoms with Crippen molar-refractivity contribution >= 4 is 0 Å². The van der Waals surface area contributed by atoms with E-state index in [9.17, 15) is 10.2 Å². The Labute approximate surface area is 90.8 Å². The number of hydrogen-bond donors (Lipinski definition) is 3. The highest BCUT2D eigenvalue weighted by molar-refractivity contribution is 5.32. The molecule has 0 amide bonds. The summed E-state index contributed by atoms with van der Waals surface area (Å²) < 4.78 is 0. The quantitative estimate of drug-likeness (QED) is 0.685. The summed E-state index contributed by atoms with van der Waals surface area (Å²) in [5, 5.41) is 22.0. The maximum absolute atomic E-state index is 9.58. The molecule has 0 fully saturated rings. The third-order valence-electron chi connectivity index (χ3n) is 2.25. The van der Waals surface area contributed by atoms with Crippen molar-refractivity contribution in [3.63, 3.8) is 0 Å². The van der Waals surface area contributed by atoms with Gasteiger partial charge < -0.3 is 15.5 Å². The van der Waals surface area contributed by atoms with Crippen molar-refractivity contribution in [2.24, 2.45) is 0 Å². The first-order valence-corrected chi connectivity index (χ1v) is 5.27. The number of aliphatic hydroxyl groups excluding tert-OH is 1. The summed E-state index contributed by atoms with van der Waals surface area (Å²) in [4.78, 5) is 0. The smallest absolute Gasteiger partial charge is 0.118 e. The highest BCUT2D eigenvalue weighted by Crippen LogP contribution is 2.17. The van der Waals surface area contributed by atoms with Crippen molar-refractivity contribution in [2.75, 3.05) is 6.61 Å². The van der Waals surface area contributed by atoms with E-state index < -0.39 is 0 Å². The molecule has 3 heteroatoms. The van der Waals surface area contributed by atoms with Gasteiger partial charge in [-0.1, -0.05) is 32.0 Å². The fourth-order valence-electron chi connectivity index (χ4n) is 1.60. The molecule has 0 bridgehead atoms. The summed E-state index contributed by atoms with van der Waals surface area (Å²) in [6.07, 6.45) is 0.640. The van der Waals surface area contributed by atoms with Crippen LogP contribution in [-0.2, 0) is 6.42 Å². The summed E-state index contributed by atoms with van der Waals surface area (Å²) in [6, 6.07) is 7.55. The number of hydrogen-bond acceptors (Lipinski definition) is 3. The molecule has 1 rings (SSSR count). The first kappa shape index (κ1) is 12.0. The van der Waals surface area contributed by atoms with E-state index >= 15 is 0 Å². The zero-order valence-electron chi connectivity index (χ0n) is 9.27. The summed E-state index contributed by atoms with van der Waals surface area (Å²) in [6.45, 7) is 4.15. The Morgan fingerprint density at radius 3 is 2.47 bits per heavy atom. The number of para-hydroxylation sites is 1. The number of aliphatic hydroxyl groups is 1. The lowest BCUT2D eigenvalue weighted by molar-refractivity contribution is 0.234. The van der Waals surface area contributed by atoms with Gasteiger partial charge in [-0.3, -0.25) is 0 Å². The molecule has 0 aromatic heterocycles. The summed E-state index contributed by atoms with van der Waals surface area (Å²) >= 11 is 0. The number of aromatic hydroxyl groups is 1. The molecule has 0 aliphatic rings. The molecule has 3 N–H and O–H groups in total. The predicted molar refractivity (Wildman–Crippen MR) is 61.0 cm³/mol. The molecule has 0 radical (unpaired) electrons. The molecule has 3 nitrogen and oxygen atoms in total. The molecule has 0 saturated carbocycles. The van der Waals surface area contributed by atoms with E-state index in [4.69, 9.17) is 0 Å². The SMILES string of the molecule is CC(C)N[C@H](CO)Cc1ccccc1O. The molecule has 0 saturated heterocycles. The molecule has 15 heavy (non-hydrogen) atoms. The van der Waals surface area contributed by atoms with Crippen LogP contribution < -0.4 is 5.32 Å². The number of nitrogens with one attached hydrogen (secondary N) is 1. The third-order valence-corrected chi connectivity index (χ3v) is 2.25. The van der Waals surface area contributed by atoms with Crippen LogP contribution in [0.5, 0.6) is 5.75 Å². The van der Waals surface area contributed by atoms with Crippen molar-refractivity contribution < 1.29 is 10.2 Å². The van der Waals surface area contributed by atoms with Crippen LogP contribution in [-0.4, -0.2) is 28.9 Å². The highest BCUT2D eigenvalue weighted by atomic mass is 16.3. The number of rotatable bonds is 5. The van der Waals surface area contributed by atoms with Crippen LogP contribution in [0.25, 0.3) is 0 Å². The van der Waals surface area contributed by atoms with Crippen molar-refractivity contribution in [3.05, 3.63) is 29.8 Å². The summed E-state index contributed by atoms with van der Waals surface area (Å²) in [5.41, 5.74) is 0.865. The molecule has 0 unspecified atom stereocenters. The molecule has 0 aliphatic carbocycles. The maximum atomic E-state index is 9.58. The Morgan fingerprint density at radius 1 is 1.27 bits per heavy atom. The van der Waals surface area contributed by atoms with E-state index in [1.807, 2.05) is 26.0 Å². The lowest BCUT2D eigenvalue weighted by Crippen LogP contribution is -2.39. The van der Waals surface area contributed by atoms with Crippen molar-refractivity contribution in [2.45, 2.75) is 32.4 Å². The fourth-order valence-corrected chi connectivity index (χ4v) is 1.60. The van der Waals surface area contributed by atoms with Crippen LogP contribution in [0.2, 0.25) is 0 Å². The van der Waals surface area contributed by atoms with Gasteiger partial charge in [0.1, 0.15) is 5.75 Å². The maximum Gasteiger partial charge on any atom is 0.118 e. The lowest BCUT2D eigenvalue weighted by atomic mass is 10.0. The Hall–Kier alpha value is -1.06. The third kappa shape index (κ3) is 3.90. The Bertz CT molecular complexity index is 299. The first-order valence-electron chi connectivity index (χ1n) is 5.27. The molecule has 0 heterocycles. The largest absolute Gasteiger partial charge is 0.508 e. The second-order valence-electron chi connectivity index (χ2n) is 4.03. The normalized spacial score (nSPS) is 13.1. The average Bonchev–Trinajstić information content (AvgIpc) is 2.19. The minimum atomic E-state index is -0.00157. The van der Waals surface area contributed by atoms with Gasteiger partial charge in [0.15, 0.2) is 0 Å². The topological polar surface area (TPSA) is 52.5 Å². The number of phenolic OH excluding ortho intramolecular Hbond substituents is 1. The minimum absolute atomic E-state index is 0.00157. The Kier molecular flexibility index (Phi) is 4.59. The van der Waals surface area contributed by atoms with E-state index in [0.717, 1.165) is 5.56 Å². The lowest BCUT2D eigenvalue weighted by Gasteiger charge is -2.19. The molecule has 1 atom stereocenters. The summed E-state index contributed by atoms with van der Waals surface area (Å²) in [7, 11) is 0. The molecular formula is C12H19NO2. The van der Waals surface area contributed by atoms with Crippen LogP contribution in [0, 0.1) is 0 Å².